The van der Waals surface area contributed by atoms with Gasteiger partial charge in [-0.1, -0.05) is 91.0 Å². The highest BCUT2D eigenvalue weighted by Crippen LogP contribution is 2.70. The molecule has 45 heavy (non-hydrogen) atoms. The minimum Gasteiger partial charge on any atom is -0.436 e. The van der Waals surface area contributed by atoms with E-state index in [0.717, 1.165) is 50.8 Å². The monoisotopic (exact) mass is 580 g/mol. The van der Waals surface area contributed by atoms with Gasteiger partial charge in [0.05, 0.1) is 5.69 Å². The van der Waals surface area contributed by atoms with Gasteiger partial charge in [-0.15, -0.1) is 0 Å². The Balaban J connectivity index is 1.21. The van der Waals surface area contributed by atoms with Gasteiger partial charge in [0.1, 0.15) is 16.8 Å². The maximum absolute atomic E-state index is 6.24. The molecule has 0 N–H and O–H groups in total. The van der Waals surface area contributed by atoms with Crippen molar-refractivity contribution in [2.45, 2.75) is 37.5 Å². The summed E-state index contributed by atoms with van der Waals surface area (Å²) < 4.78 is 6.24. The Morgan fingerprint density at radius 2 is 1.27 bits per heavy atom. The molecule has 12 rings (SSSR count). The fraction of sp³-hybridized carbons (Fsp3) is 0.238. The highest BCUT2D eigenvalue weighted by molar-refractivity contribution is 6.03. The Morgan fingerprint density at radius 1 is 0.578 bits per heavy atom. The van der Waals surface area contributed by atoms with Gasteiger partial charge in [0, 0.05) is 21.9 Å². The van der Waals surface area contributed by atoms with Crippen molar-refractivity contribution in [3.05, 3.63) is 120 Å². The van der Waals surface area contributed by atoms with Crippen LogP contribution in [0, 0.1) is 23.7 Å². The SMILES string of the molecule is c1ccc(-c2nc3oc4ccccc4c3nc2-c2ccc3c(c2)C2(c4c-3ccc3ccccc43)C3CC4CC(C3)CC2C4)cc1. The third-order valence-corrected chi connectivity index (χ3v) is 12.1. The molecular formula is C42H32N2O. The van der Waals surface area contributed by atoms with E-state index in [2.05, 4.69) is 97.1 Å². The van der Waals surface area contributed by atoms with Gasteiger partial charge in [0.25, 0.3) is 0 Å². The van der Waals surface area contributed by atoms with E-state index in [1.54, 1.807) is 5.56 Å². The molecule has 4 fully saturated rings. The summed E-state index contributed by atoms with van der Waals surface area (Å²) in [5.74, 6) is 3.18. The van der Waals surface area contributed by atoms with Crippen LogP contribution < -0.4 is 0 Å². The summed E-state index contributed by atoms with van der Waals surface area (Å²) in [7, 11) is 0. The van der Waals surface area contributed by atoms with Crippen molar-refractivity contribution in [1.29, 1.82) is 0 Å². The summed E-state index contributed by atoms with van der Waals surface area (Å²) in [5, 5.41) is 3.83. The normalized spacial score (nSPS) is 25.9. The van der Waals surface area contributed by atoms with Crippen LogP contribution in [0.4, 0.5) is 0 Å². The molecule has 1 spiro atoms. The number of nitrogens with zero attached hydrogens (tertiary/aromatic N) is 2. The Morgan fingerprint density at radius 3 is 2.09 bits per heavy atom. The lowest BCUT2D eigenvalue weighted by molar-refractivity contribution is -0.0393. The maximum Gasteiger partial charge on any atom is 0.246 e. The minimum atomic E-state index is 0.0573. The molecule has 0 aliphatic heterocycles. The number of para-hydroxylation sites is 1. The van der Waals surface area contributed by atoms with Gasteiger partial charge in [0.2, 0.25) is 5.71 Å². The second-order valence-corrected chi connectivity index (χ2v) is 14.2. The average molecular weight is 581 g/mol. The number of benzene rings is 5. The third kappa shape index (κ3) is 3.16. The van der Waals surface area contributed by atoms with Crippen LogP contribution in [0.25, 0.3) is 66.6 Å². The van der Waals surface area contributed by atoms with E-state index in [4.69, 9.17) is 14.4 Å². The standard InChI is InChI=1S/C42H32N2O/c1-2-9-27(10-3-1)38-39(43-40-34-12-6-7-13-36(34)45-41(40)44-38)28-15-16-32-33-17-14-26-8-4-5-11-31(26)37(33)42(35(32)23-28)29-19-24-18-25(21-29)22-30(42)20-24/h1-17,23-25,29-30H,18-22H2. The summed E-state index contributed by atoms with van der Waals surface area (Å²) in [6.45, 7) is 0. The van der Waals surface area contributed by atoms with E-state index in [0.29, 0.717) is 17.5 Å². The summed E-state index contributed by atoms with van der Waals surface area (Å²) in [6.07, 6.45) is 6.90. The van der Waals surface area contributed by atoms with Gasteiger partial charge < -0.3 is 4.42 Å². The van der Waals surface area contributed by atoms with Crippen molar-refractivity contribution in [3.63, 3.8) is 0 Å². The Kier molecular flexibility index (Phi) is 4.74. The van der Waals surface area contributed by atoms with Gasteiger partial charge in [-0.2, -0.15) is 0 Å². The van der Waals surface area contributed by atoms with Crippen LogP contribution in [0.1, 0.15) is 43.2 Å². The first-order valence-electron chi connectivity index (χ1n) is 16.7. The first kappa shape index (κ1) is 24.5. The molecule has 3 heteroatoms. The quantitative estimate of drug-likeness (QED) is 0.204. The average Bonchev–Trinajstić information content (AvgIpc) is 3.60. The number of hydrogen-bond donors (Lipinski definition) is 0. The van der Waals surface area contributed by atoms with Crippen LogP contribution in [0.2, 0.25) is 0 Å². The van der Waals surface area contributed by atoms with Crippen molar-refractivity contribution in [2.75, 3.05) is 0 Å². The van der Waals surface area contributed by atoms with Gasteiger partial charge >= 0.3 is 0 Å². The van der Waals surface area contributed by atoms with Crippen molar-refractivity contribution in [3.8, 4) is 33.6 Å². The first-order chi connectivity index (χ1) is 22.3. The second-order valence-electron chi connectivity index (χ2n) is 14.2. The van der Waals surface area contributed by atoms with Gasteiger partial charge in [-0.05, 0) is 107 Å². The van der Waals surface area contributed by atoms with E-state index in [1.165, 1.54) is 59.6 Å². The molecule has 4 bridgehead atoms. The molecule has 0 atom stereocenters. The number of rotatable bonds is 2. The molecule has 0 saturated heterocycles. The summed E-state index contributed by atoms with van der Waals surface area (Å²) >= 11 is 0. The van der Waals surface area contributed by atoms with E-state index in [1.807, 2.05) is 12.1 Å². The van der Waals surface area contributed by atoms with E-state index < -0.39 is 0 Å². The van der Waals surface area contributed by atoms with Crippen molar-refractivity contribution in [2.24, 2.45) is 23.7 Å². The molecule has 5 aromatic carbocycles. The van der Waals surface area contributed by atoms with Gasteiger partial charge in [-0.25, -0.2) is 9.97 Å². The zero-order valence-electron chi connectivity index (χ0n) is 25.0. The molecule has 2 aromatic heterocycles. The predicted molar refractivity (Wildman–Crippen MR) is 181 cm³/mol. The first-order valence-corrected chi connectivity index (χ1v) is 16.7. The molecule has 3 nitrogen and oxygen atoms in total. The lowest BCUT2D eigenvalue weighted by Crippen LogP contribution is -2.55. The lowest BCUT2D eigenvalue weighted by Gasteiger charge is -2.61. The largest absolute Gasteiger partial charge is 0.436 e. The predicted octanol–water partition coefficient (Wildman–Crippen LogP) is 10.6. The van der Waals surface area contributed by atoms with Crippen LogP contribution in [-0.4, -0.2) is 9.97 Å². The van der Waals surface area contributed by atoms with E-state index >= 15 is 0 Å². The zero-order chi connectivity index (χ0) is 29.3. The Bertz CT molecular complexity index is 2320. The smallest absolute Gasteiger partial charge is 0.246 e. The lowest BCUT2D eigenvalue weighted by atomic mass is 9.43. The molecular weight excluding hydrogens is 548 g/mol. The van der Waals surface area contributed by atoms with Crippen molar-refractivity contribution in [1.82, 2.24) is 9.97 Å². The van der Waals surface area contributed by atoms with Crippen molar-refractivity contribution < 1.29 is 4.42 Å². The zero-order valence-corrected chi connectivity index (χ0v) is 25.0. The summed E-state index contributed by atoms with van der Waals surface area (Å²) in [5.41, 5.74) is 12.4. The van der Waals surface area contributed by atoms with Crippen LogP contribution in [0.15, 0.2) is 114 Å². The van der Waals surface area contributed by atoms with E-state index in [9.17, 15) is 0 Å². The second kappa shape index (κ2) is 8.69. The van der Waals surface area contributed by atoms with Crippen LogP contribution >= 0.6 is 0 Å². The van der Waals surface area contributed by atoms with Crippen LogP contribution in [-0.2, 0) is 5.41 Å². The molecule has 0 unspecified atom stereocenters. The van der Waals surface area contributed by atoms with Crippen LogP contribution in [0.5, 0.6) is 0 Å². The van der Waals surface area contributed by atoms with Crippen LogP contribution in [0.3, 0.4) is 0 Å². The van der Waals surface area contributed by atoms with Gasteiger partial charge in [0.15, 0.2) is 0 Å². The molecule has 2 heterocycles. The highest BCUT2D eigenvalue weighted by atomic mass is 16.3. The molecule has 5 aliphatic rings. The summed E-state index contributed by atoms with van der Waals surface area (Å²) in [6, 6.07) is 39.8. The molecule has 5 aliphatic carbocycles. The van der Waals surface area contributed by atoms with E-state index in [-0.39, 0.29) is 5.41 Å². The topological polar surface area (TPSA) is 38.9 Å². The Hall–Kier alpha value is -4.76. The molecule has 7 aromatic rings. The highest BCUT2D eigenvalue weighted by Gasteiger charge is 2.62. The third-order valence-electron chi connectivity index (χ3n) is 12.1. The number of aromatic nitrogens is 2. The maximum atomic E-state index is 6.24. The molecule has 0 amide bonds. The minimum absolute atomic E-state index is 0.0573. The fourth-order valence-electron chi connectivity index (χ4n) is 10.6. The van der Waals surface area contributed by atoms with Gasteiger partial charge in [-0.3, -0.25) is 0 Å². The number of fused-ring (bicyclic) bond motifs is 8. The number of hydrogen-bond acceptors (Lipinski definition) is 3. The summed E-state index contributed by atoms with van der Waals surface area (Å²) in [4.78, 5) is 10.6. The molecule has 216 valence electrons. The number of furan rings is 1. The fourth-order valence-corrected chi connectivity index (χ4v) is 10.6. The molecule has 4 saturated carbocycles. The molecule has 0 radical (unpaired) electrons. The Labute approximate surface area is 262 Å². The van der Waals surface area contributed by atoms with Crippen molar-refractivity contribution >= 4 is 33.0 Å².